The fourth-order valence-electron chi connectivity index (χ4n) is 1.81. The third-order valence-corrected chi connectivity index (χ3v) is 2.94. The van der Waals surface area contributed by atoms with E-state index >= 15 is 0 Å². The Bertz CT molecular complexity index is 535. The fourth-order valence-corrected chi connectivity index (χ4v) is 1.81. The molecule has 21 heavy (non-hydrogen) atoms. The Morgan fingerprint density at radius 2 is 2.05 bits per heavy atom. The fraction of sp³-hybridized carbons (Fsp3) is 0.533. The number of rotatable bonds is 5. The van der Waals surface area contributed by atoms with Crippen LogP contribution in [0, 0.1) is 10.1 Å². The quantitative estimate of drug-likeness (QED) is 0.513. The summed E-state index contributed by atoms with van der Waals surface area (Å²) in [5.41, 5.74) is 0.225. The van der Waals surface area contributed by atoms with Gasteiger partial charge < -0.3 is 10.1 Å². The number of esters is 1. The Labute approximate surface area is 124 Å². The van der Waals surface area contributed by atoms with E-state index in [1.165, 1.54) is 12.1 Å². The lowest BCUT2D eigenvalue weighted by Crippen LogP contribution is -2.27. The number of nitrogens with one attached hydrogen (secondary N) is 1. The lowest BCUT2D eigenvalue weighted by Gasteiger charge is -2.21. The molecule has 0 bridgehead atoms. The summed E-state index contributed by atoms with van der Waals surface area (Å²) in [5.74, 6) is -0.537. The molecule has 0 saturated heterocycles. The Kier molecular flexibility index (Phi) is 5.43. The maximum absolute atomic E-state index is 12.3. The van der Waals surface area contributed by atoms with Gasteiger partial charge in [0, 0.05) is 18.2 Å². The van der Waals surface area contributed by atoms with Gasteiger partial charge in [0.1, 0.15) is 5.60 Å². The van der Waals surface area contributed by atoms with Crippen LogP contribution in [0.1, 0.15) is 43.6 Å². The van der Waals surface area contributed by atoms with E-state index in [-0.39, 0.29) is 17.3 Å². The highest BCUT2D eigenvalue weighted by molar-refractivity contribution is 5.92. The zero-order valence-electron chi connectivity index (χ0n) is 13.1. The van der Waals surface area contributed by atoms with Gasteiger partial charge in [0.25, 0.3) is 5.69 Å². The van der Waals surface area contributed by atoms with Crippen LogP contribution in [0.2, 0.25) is 0 Å². The molecule has 1 rings (SSSR count). The lowest BCUT2D eigenvalue weighted by atomic mass is 10.00. The van der Waals surface area contributed by atoms with E-state index in [0.717, 1.165) is 5.56 Å². The summed E-state index contributed by atoms with van der Waals surface area (Å²) < 4.78 is 5.33. The molecule has 0 aliphatic rings. The van der Waals surface area contributed by atoms with Gasteiger partial charge in [-0.1, -0.05) is 6.07 Å². The number of non-ortho nitro benzene ring substituents is 1. The number of hydrogen-bond donors (Lipinski definition) is 1. The highest BCUT2D eigenvalue weighted by atomic mass is 16.6. The second-order valence-corrected chi connectivity index (χ2v) is 5.99. The zero-order chi connectivity index (χ0) is 16.2. The second kappa shape index (κ2) is 6.67. The minimum absolute atomic E-state index is 0.114. The number of benzene rings is 1. The standard InChI is InChI=1S/C15H22N2O4/c1-10(16-5)8-11-6-7-12(17(19)20)9-13(11)14(18)21-15(2,3)4/h6-7,9-10,16H,8H2,1-5H3. The van der Waals surface area contributed by atoms with Crippen molar-refractivity contribution in [2.45, 2.75) is 45.8 Å². The van der Waals surface area contributed by atoms with Crippen molar-refractivity contribution in [1.82, 2.24) is 5.32 Å². The van der Waals surface area contributed by atoms with Crippen molar-refractivity contribution < 1.29 is 14.5 Å². The monoisotopic (exact) mass is 294 g/mol. The largest absolute Gasteiger partial charge is 0.456 e. The number of likely N-dealkylation sites (N-methyl/N-ethyl adjacent to an activating group) is 1. The van der Waals surface area contributed by atoms with Gasteiger partial charge in [-0.15, -0.1) is 0 Å². The Hall–Kier alpha value is -1.95. The molecule has 1 atom stereocenters. The summed E-state index contributed by atoms with van der Waals surface area (Å²) >= 11 is 0. The number of nitro benzene ring substituents is 1. The first-order valence-electron chi connectivity index (χ1n) is 6.82. The minimum atomic E-state index is -0.645. The first-order valence-corrected chi connectivity index (χ1v) is 6.82. The van der Waals surface area contributed by atoms with Gasteiger partial charge in [-0.25, -0.2) is 4.79 Å². The van der Waals surface area contributed by atoms with Crippen LogP contribution in [-0.2, 0) is 11.2 Å². The van der Waals surface area contributed by atoms with Crippen molar-refractivity contribution in [3.05, 3.63) is 39.4 Å². The average Bonchev–Trinajstić information content (AvgIpc) is 2.36. The van der Waals surface area contributed by atoms with Crippen LogP contribution in [0.4, 0.5) is 5.69 Å². The van der Waals surface area contributed by atoms with Gasteiger partial charge in [-0.2, -0.15) is 0 Å². The van der Waals surface area contributed by atoms with Gasteiger partial charge in [-0.3, -0.25) is 10.1 Å². The van der Waals surface area contributed by atoms with Crippen molar-refractivity contribution >= 4 is 11.7 Å². The first-order chi connectivity index (χ1) is 9.64. The van der Waals surface area contributed by atoms with E-state index < -0.39 is 16.5 Å². The molecule has 0 amide bonds. The summed E-state index contributed by atoms with van der Waals surface area (Å²) in [5, 5.41) is 14.0. The molecule has 0 saturated carbocycles. The molecule has 1 N–H and O–H groups in total. The van der Waals surface area contributed by atoms with Gasteiger partial charge in [0.15, 0.2) is 0 Å². The molecule has 6 heteroatoms. The van der Waals surface area contributed by atoms with Crippen LogP contribution in [0.25, 0.3) is 0 Å². The van der Waals surface area contributed by atoms with Crippen molar-refractivity contribution in [2.75, 3.05) is 7.05 Å². The highest BCUT2D eigenvalue weighted by Gasteiger charge is 2.23. The van der Waals surface area contributed by atoms with Gasteiger partial charge in [0.2, 0.25) is 0 Å². The van der Waals surface area contributed by atoms with E-state index in [1.54, 1.807) is 26.8 Å². The predicted octanol–water partition coefficient (Wildman–Crippen LogP) is 2.70. The molecule has 1 aromatic rings. The molecule has 0 aliphatic carbocycles. The topological polar surface area (TPSA) is 81.5 Å². The molecule has 1 aromatic carbocycles. The number of carbonyl (C=O) groups is 1. The Morgan fingerprint density at radius 3 is 2.52 bits per heavy atom. The van der Waals surface area contributed by atoms with E-state index in [2.05, 4.69) is 5.32 Å². The molecule has 1 unspecified atom stereocenters. The summed E-state index contributed by atoms with van der Waals surface area (Å²) in [4.78, 5) is 22.6. The van der Waals surface area contributed by atoms with Crippen LogP contribution in [0.3, 0.4) is 0 Å². The van der Waals surface area contributed by atoms with Crippen LogP contribution in [-0.4, -0.2) is 29.6 Å². The Balaban J connectivity index is 3.19. The molecule has 0 heterocycles. The summed E-state index contributed by atoms with van der Waals surface area (Å²) in [7, 11) is 1.82. The average molecular weight is 294 g/mol. The Morgan fingerprint density at radius 1 is 1.43 bits per heavy atom. The van der Waals surface area contributed by atoms with Crippen LogP contribution >= 0.6 is 0 Å². The zero-order valence-corrected chi connectivity index (χ0v) is 13.1. The molecule has 0 fully saturated rings. The van der Waals surface area contributed by atoms with E-state index in [4.69, 9.17) is 4.74 Å². The second-order valence-electron chi connectivity index (χ2n) is 5.99. The maximum Gasteiger partial charge on any atom is 0.339 e. The molecule has 116 valence electrons. The number of nitro groups is 1. The SMILES string of the molecule is CNC(C)Cc1ccc([N+](=O)[O-])cc1C(=O)OC(C)(C)C. The van der Waals surface area contributed by atoms with Crippen LogP contribution in [0.15, 0.2) is 18.2 Å². The third kappa shape index (κ3) is 5.15. The van der Waals surface area contributed by atoms with E-state index in [0.29, 0.717) is 6.42 Å². The third-order valence-electron chi connectivity index (χ3n) is 2.94. The van der Waals surface area contributed by atoms with E-state index in [9.17, 15) is 14.9 Å². The molecular formula is C15H22N2O4. The predicted molar refractivity (Wildman–Crippen MR) is 80.5 cm³/mol. The highest BCUT2D eigenvalue weighted by Crippen LogP contribution is 2.22. The van der Waals surface area contributed by atoms with Gasteiger partial charge in [0.05, 0.1) is 10.5 Å². The number of carbonyl (C=O) groups excluding carboxylic acids is 1. The van der Waals surface area contributed by atoms with Crippen molar-refractivity contribution in [3.63, 3.8) is 0 Å². The first kappa shape index (κ1) is 17.1. The van der Waals surface area contributed by atoms with Crippen molar-refractivity contribution in [3.8, 4) is 0 Å². The summed E-state index contributed by atoms with van der Waals surface area (Å²) in [6, 6.07) is 4.45. The molecular weight excluding hydrogens is 272 g/mol. The minimum Gasteiger partial charge on any atom is -0.456 e. The molecule has 0 spiro atoms. The van der Waals surface area contributed by atoms with Crippen LogP contribution < -0.4 is 5.32 Å². The molecule has 6 nitrogen and oxygen atoms in total. The summed E-state index contributed by atoms with van der Waals surface area (Å²) in [6.07, 6.45) is 0.586. The smallest absolute Gasteiger partial charge is 0.339 e. The normalized spacial score (nSPS) is 12.8. The maximum atomic E-state index is 12.3. The lowest BCUT2D eigenvalue weighted by molar-refractivity contribution is -0.384. The van der Waals surface area contributed by atoms with E-state index in [1.807, 2.05) is 14.0 Å². The number of hydrogen-bond acceptors (Lipinski definition) is 5. The molecule has 0 aromatic heterocycles. The molecule has 0 radical (unpaired) electrons. The number of ether oxygens (including phenoxy) is 1. The van der Waals surface area contributed by atoms with Gasteiger partial charge >= 0.3 is 5.97 Å². The molecule has 0 aliphatic heterocycles. The van der Waals surface area contributed by atoms with Crippen LogP contribution in [0.5, 0.6) is 0 Å². The van der Waals surface area contributed by atoms with Crippen molar-refractivity contribution in [2.24, 2.45) is 0 Å². The van der Waals surface area contributed by atoms with Crippen molar-refractivity contribution in [1.29, 1.82) is 0 Å². The van der Waals surface area contributed by atoms with Gasteiger partial charge in [-0.05, 0) is 46.7 Å². The summed E-state index contributed by atoms with van der Waals surface area (Å²) in [6.45, 7) is 7.26. The number of nitrogens with zero attached hydrogens (tertiary/aromatic N) is 1.